The molecular formula is C17H13NO2S. The SMILES string of the molecule is O=c1c2ccccc2sn1-c1ccc(C#CCCO)cc1. The summed E-state index contributed by atoms with van der Waals surface area (Å²) in [5.41, 5.74) is 1.73. The van der Waals surface area contributed by atoms with Crippen molar-refractivity contribution in [2.24, 2.45) is 0 Å². The van der Waals surface area contributed by atoms with Gasteiger partial charge in [0.25, 0.3) is 5.56 Å². The van der Waals surface area contributed by atoms with Crippen LogP contribution in [0.2, 0.25) is 0 Å². The molecule has 1 N–H and O–H groups in total. The molecule has 4 heteroatoms. The largest absolute Gasteiger partial charge is 0.395 e. The Kier molecular flexibility index (Phi) is 3.87. The topological polar surface area (TPSA) is 42.2 Å². The van der Waals surface area contributed by atoms with Crippen molar-refractivity contribution in [1.82, 2.24) is 3.96 Å². The maximum absolute atomic E-state index is 12.3. The van der Waals surface area contributed by atoms with E-state index in [1.807, 2.05) is 48.5 Å². The molecule has 2 aromatic carbocycles. The van der Waals surface area contributed by atoms with E-state index in [2.05, 4.69) is 11.8 Å². The number of benzene rings is 2. The molecule has 1 aromatic heterocycles. The van der Waals surface area contributed by atoms with Crippen LogP contribution in [0.15, 0.2) is 53.3 Å². The molecule has 0 spiro atoms. The van der Waals surface area contributed by atoms with Gasteiger partial charge in [0.05, 0.1) is 22.4 Å². The summed E-state index contributed by atoms with van der Waals surface area (Å²) in [7, 11) is 0. The van der Waals surface area contributed by atoms with Gasteiger partial charge in [-0.2, -0.15) is 0 Å². The minimum atomic E-state index is 0.00900. The van der Waals surface area contributed by atoms with Crippen LogP contribution < -0.4 is 5.56 Å². The minimum Gasteiger partial charge on any atom is -0.395 e. The van der Waals surface area contributed by atoms with Crippen molar-refractivity contribution in [3.8, 4) is 17.5 Å². The molecular weight excluding hydrogens is 282 g/mol. The van der Waals surface area contributed by atoms with Crippen LogP contribution in [0.1, 0.15) is 12.0 Å². The number of fused-ring (bicyclic) bond motifs is 1. The van der Waals surface area contributed by atoms with Crippen LogP contribution in [0.25, 0.3) is 15.8 Å². The predicted octanol–water partition coefficient (Wildman–Crippen LogP) is 2.79. The van der Waals surface area contributed by atoms with Crippen LogP contribution in [0.3, 0.4) is 0 Å². The van der Waals surface area contributed by atoms with Gasteiger partial charge in [-0.15, -0.1) is 0 Å². The summed E-state index contributed by atoms with van der Waals surface area (Å²) in [6.45, 7) is 0.0717. The summed E-state index contributed by atoms with van der Waals surface area (Å²) in [6, 6.07) is 15.2. The number of aliphatic hydroxyl groups is 1. The molecule has 0 saturated heterocycles. The smallest absolute Gasteiger partial charge is 0.273 e. The number of rotatable bonds is 2. The quantitative estimate of drug-likeness (QED) is 0.739. The van der Waals surface area contributed by atoms with Gasteiger partial charge in [0.1, 0.15) is 0 Å². The van der Waals surface area contributed by atoms with Crippen LogP contribution >= 0.6 is 11.5 Å². The van der Waals surface area contributed by atoms with Crippen molar-refractivity contribution >= 4 is 21.6 Å². The fraction of sp³-hybridized carbons (Fsp3) is 0.118. The molecule has 0 aliphatic carbocycles. The average molecular weight is 295 g/mol. The van der Waals surface area contributed by atoms with Crippen molar-refractivity contribution in [3.05, 3.63) is 64.4 Å². The Bertz CT molecular complexity index is 879. The number of nitrogens with zero attached hydrogens (tertiary/aromatic N) is 1. The van der Waals surface area contributed by atoms with Gasteiger partial charge >= 0.3 is 0 Å². The number of hydrogen-bond acceptors (Lipinski definition) is 3. The van der Waals surface area contributed by atoms with E-state index in [9.17, 15) is 4.79 Å². The molecule has 1 heterocycles. The molecule has 0 aliphatic rings. The van der Waals surface area contributed by atoms with Crippen LogP contribution in [-0.4, -0.2) is 15.7 Å². The Balaban J connectivity index is 1.98. The van der Waals surface area contributed by atoms with E-state index in [0.29, 0.717) is 6.42 Å². The van der Waals surface area contributed by atoms with E-state index in [-0.39, 0.29) is 12.2 Å². The minimum absolute atomic E-state index is 0.00900. The van der Waals surface area contributed by atoms with Crippen LogP contribution in [0.5, 0.6) is 0 Å². The first kappa shape index (κ1) is 13.6. The lowest BCUT2D eigenvalue weighted by atomic mass is 10.2. The van der Waals surface area contributed by atoms with E-state index in [4.69, 9.17) is 5.11 Å². The van der Waals surface area contributed by atoms with Gasteiger partial charge in [0.2, 0.25) is 0 Å². The van der Waals surface area contributed by atoms with E-state index in [1.165, 1.54) is 11.5 Å². The molecule has 0 saturated carbocycles. The van der Waals surface area contributed by atoms with Gasteiger partial charge in [-0.05, 0) is 36.4 Å². The maximum Gasteiger partial charge on any atom is 0.273 e. The molecule has 0 fully saturated rings. The molecule has 0 radical (unpaired) electrons. The Morgan fingerprint density at radius 2 is 1.86 bits per heavy atom. The lowest BCUT2D eigenvalue weighted by Crippen LogP contribution is -2.10. The van der Waals surface area contributed by atoms with Crippen molar-refractivity contribution in [2.45, 2.75) is 6.42 Å². The third kappa shape index (κ3) is 2.75. The monoisotopic (exact) mass is 295 g/mol. The zero-order valence-corrected chi connectivity index (χ0v) is 12.1. The van der Waals surface area contributed by atoms with E-state index in [0.717, 1.165) is 21.3 Å². The highest BCUT2D eigenvalue weighted by molar-refractivity contribution is 7.14. The highest BCUT2D eigenvalue weighted by atomic mass is 32.1. The van der Waals surface area contributed by atoms with Crippen LogP contribution in [0, 0.1) is 11.8 Å². The van der Waals surface area contributed by atoms with Crippen molar-refractivity contribution in [3.63, 3.8) is 0 Å². The van der Waals surface area contributed by atoms with E-state index < -0.39 is 0 Å². The summed E-state index contributed by atoms with van der Waals surface area (Å²) in [5.74, 6) is 5.85. The molecule has 104 valence electrons. The first-order valence-electron chi connectivity index (χ1n) is 6.61. The molecule has 21 heavy (non-hydrogen) atoms. The van der Waals surface area contributed by atoms with E-state index >= 15 is 0 Å². The Morgan fingerprint density at radius 1 is 1.10 bits per heavy atom. The highest BCUT2D eigenvalue weighted by Gasteiger charge is 2.07. The van der Waals surface area contributed by atoms with Crippen molar-refractivity contribution < 1.29 is 5.11 Å². The standard InChI is InChI=1S/C17H13NO2S/c19-12-4-3-5-13-8-10-14(11-9-13)18-17(20)15-6-1-2-7-16(15)21-18/h1-2,6-11,19H,4,12H2. The Hall–Kier alpha value is -2.35. The first-order valence-corrected chi connectivity index (χ1v) is 7.38. The molecule has 0 bridgehead atoms. The zero-order chi connectivity index (χ0) is 14.7. The summed E-state index contributed by atoms with van der Waals surface area (Å²) in [5, 5.41) is 9.44. The van der Waals surface area contributed by atoms with Crippen molar-refractivity contribution in [1.29, 1.82) is 0 Å². The third-order valence-corrected chi connectivity index (χ3v) is 4.17. The predicted molar refractivity (Wildman–Crippen MR) is 86.0 cm³/mol. The van der Waals surface area contributed by atoms with Gasteiger partial charge < -0.3 is 5.11 Å². The van der Waals surface area contributed by atoms with Crippen molar-refractivity contribution in [2.75, 3.05) is 6.61 Å². The summed E-state index contributed by atoms with van der Waals surface area (Å²) in [4.78, 5) is 12.3. The van der Waals surface area contributed by atoms with Gasteiger partial charge in [0.15, 0.2) is 0 Å². The average Bonchev–Trinajstić information content (AvgIpc) is 2.86. The lowest BCUT2D eigenvalue weighted by molar-refractivity contribution is 0.305. The van der Waals surface area contributed by atoms with Crippen LogP contribution in [0.4, 0.5) is 0 Å². The van der Waals surface area contributed by atoms with E-state index in [1.54, 1.807) is 3.96 Å². The fourth-order valence-corrected chi connectivity index (χ4v) is 3.04. The summed E-state index contributed by atoms with van der Waals surface area (Å²) >= 11 is 1.44. The second-order valence-corrected chi connectivity index (χ2v) is 5.50. The summed E-state index contributed by atoms with van der Waals surface area (Å²) in [6.07, 6.45) is 0.470. The van der Waals surface area contributed by atoms with Gasteiger partial charge in [-0.25, -0.2) is 3.96 Å². The molecule has 3 rings (SSSR count). The molecule has 0 amide bonds. The van der Waals surface area contributed by atoms with Gasteiger partial charge in [0, 0.05) is 12.0 Å². The third-order valence-electron chi connectivity index (χ3n) is 3.06. The maximum atomic E-state index is 12.3. The van der Waals surface area contributed by atoms with Gasteiger partial charge in [-0.1, -0.05) is 35.5 Å². The number of hydrogen-bond donors (Lipinski definition) is 1. The first-order chi connectivity index (χ1) is 10.3. The van der Waals surface area contributed by atoms with Crippen LogP contribution in [-0.2, 0) is 0 Å². The number of aromatic nitrogens is 1. The summed E-state index contributed by atoms with van der Waals surface area (Å²) < 4.78 is 2.67. The molecule has 3 aromatic rings. The Morgan fingerprint density at radius 3 is 2.57 bits per heavy atom. The second kappa shape index (κ2) is 5.96. The molecule has 3 nitrogen and oxygen atoms in total. The van der Waals surface area contributed by atoms with Gasteiger partial charge in [-0.3, -0.25) is 4.79 Å². The molecule has 0 atom stereocenters. The zero-order valence-electron chi connectivity index (χ0n) is 11.2. The fourth-order valence-electron chi connectivity index (χ4n) is 2.04. The number of aliphatic hydroxyl groups excluding tert-OH is 1. The Labute approximate surface area is 126 Å². The second-order valence-electron chi connectivity index (χ2n) is 4.51. The highest BCUT2D eigenvalue weighted by Crippen LogP contribution is 2.19. The molecule has 0 unspecified atom stereocenters. The lowest BCUT2D eigenvalue weighted by Gasteiger charge is -1.99. The molecule has 0 aliphatic heterocycles. The normalized spacial score (nSPS) is 10.3.